The molecule has 1 N–H and O–H groups in total. The number of nitrogens with zero attached hydrogens (tertiary/aromatic N) is 5. The third-order valence-electron chi connectivity index (χ3n) is 3.84. The fourth-order valence-electron chi connectivity index (χ4n) is 2.67. The molecular weight excluding hydrogens is 318 g/mol. The standard InChI is InChI=1S/C15H16ClN5O2/c1-2-3-6-21-12-11(4-5-17-13(12)16)18-14(21)19-7-9-20(10-8-19)15(22)23/h4-5H,6-10H2,1H3,(H,22,23). The third-order valence-corrected chi connectivity index (χ3v) is 4.11. The van der Waals surface area contributed by atoms with Gasteiger partial charge >= 0.3 is 6.09 Å². The summed E-state index contributed by atoms with van der Waals surface area (Å²) in [5.41, 5.74) is 1.52. The number of aromatic nitrogens is 3. The number of anilines is 1. The molecule has 0 saturated carbocycles. The number of hydrogen-bond donors (Lipinski definition) is 1. The maximum atomic E-state index is 11.0. The van der Waals surface area contributed by atoms with Crippen LogP contribution < -0.4 is 4.90 Å². The summed E-state index contributed by atoms with van der Waals surface area (Å²) in [6.07, 6.45) is 0.738. The van der Waals surface area contributed by atoms with Crippen LogP contribution in [0, 0.1) is 11.8 Å². The maximum absolute atomic E-state index is 11.0. The van der Waals surface area contributed by atoms with Gasteiger partial charge < -0.3 is 14.9 Å². The van der Waals surface area contributed by atoms with Crippen molar-refractivity contribution in [2.45, 2.75) is 13.5 Å². The number of amides is 1. The average molecular weight is 334 g/mol. The van der Waals surface area contributed by atoms with Crippen molar-refractivity contribution >= 4 is 34.7 Å². The highest BCUT2D eigenvalue weighted by molar-refractivity contribution is 6.33. The van der Waals surface area contributed by atoms with E-state index < -0.39 is 6.09 Å². The van der Waals surface area contributed by atoms with E-state index in [-0.39, 0.29) is 0 Å². The summed E-state index contributed by atoms with van der Waals surface area (Å²) in [6, 6.07) is 1.81. The summed E-state index contributed by atoms with van der Waals surface area (Å²) in [7, 11) is 0. The number of carbonyl (C=O) groups is 1. The molecule has 0 unspecified atom stereocenters. The molecule has 0 aliphatic carbocycles. The molecule has 0 bridgehead atoms. The fraction of sp³-hybridized carbons (Fsp3) is 0.400. The van der Waals surface area contributed by atoms with Crippen molar-refractivity contribution in [3.05, 3.63) is 17.4 Å². The molecule has 120 valence electrons. The molecule has 3 rings (SSSR count). The molecule has 0 aromatic carbocycles. The van der Waals surface area contributed by atoms with Crippen molar-refractivity contribution in [1.82, 2.24) is 19.4 Å². The highest BCUT2D eigenvalue weighted by atomic mass is 35.5. The Morgan fingerprint density at radius 1 is 1.39 bits per heavy atom. The van der Waals surface area contributed by atoms with E-state index in [0.717, 1.165) is 17.0 Å². The minimum atomic E-state index is -0.887. The molecule has 0 atom stereocenters. The summed E-state index contributed by atoms with van der Waals surface area (Å²) >= 11 is 6.23. The van der Waals surface area contributed by atoms with Crippen LogP contribution in [-0.4, -0.2) is 56.8 Å². The summed E-state index contributed by atoms with van der Waals surface area (Å²) in [6.45, 7) is 4.31. The Morgan fingerprint density at radius 3 is 2.78 bits per heavy atom. The Kier molecular flexibility index (Phi) is 4.26. The Morgan fingerprint density at radius 2 is 2.13 bits per heavy atom. The first-order chi connectivity index (χ1) is 11.1. The largest absolute Gasteiger partial charge is 0.465 e. The molecule has 1 amide bonds. The van der Waals surface area contributed by atoms with Crippen LogP contribution in [0.1, 0.15) is 6.92 Å². The van der Waals surface area contributed by atoms with E-state index in [2.05, 4.69) is 26.7 Å². The summed E-state index contributed by atoms with van der Waals surface area (Å²) in [5.74, 6) is 6.66. The predicted octanol–water partition coefficient (Wildman–Crippen LogP) is 1.91. The maximum Gasteiger partial charge on any atom is 0.407 e. The van der Waals surface area contributed by atoms with Crippen molar-refractivity contribution in [2.24, 2.45) is 0 Å². The zero-order chi connectivity index (χ0) is 16.4. The third kappa shape index (κ3) is 2.90. The average Bonchev–Trinajstić information content (AvgIpc) is 2.93. The van der Waals surface area contributed by atoms with Crippen LogP contribution in [0.4, 0.5) is 10.7 Å². The van der Waals surface area contributed by atoms with Crippen LogP contribution in [-0.2, 0) is 6.54 Å². The van der Waals surface area contributed by atoms with Gasteiger partial charge in [0.25, 0.3) is 0 Å². The van der Waals surface area contributed by atoms with Crippen LogP contribution >= 0.6 is 11.6 Å². The zero-order valence-electron chi connectivity index (χ0n) is 12.7. The number of fused-ring (bicyclic) bond motifs is 1. The number of piperazine rings is 1. The lowest BCUT2D eigenvalue weighted by Gasteiger charge is -2.33. The molecule has 0 radical (unpaired) electrons. The molecule has 0 spiro atoms. The predicted molar refractivity (Wildman–Crippen MR) is 87.8 cm³/mol. The van der Waals surface area contributed by atoms with Gasteiger partial charge in [0.2, 0.25) is 5.95 Å². The van der Waals surface area contributed by atoms with E-state index in [4.69, 9.17) is 16.7 Å². The molecule has 1 saturated heterocycles. The quantitative estimate of drug-likeness (QED) is 0.671. The monoisotopic (exact) mass is 333 g/mol. The number of imidazole rings is 1. The van der Waals surface area contributed by atoms with E-state index >= 15 is 0 Å². The Labute approximate surface area is 138 Å². The molecule has 23 heavy (non-hydrogen) atoms. The van der Waals surface area contributed by atoms with Gasteiger partial charge in [-0.05, 0) is 13.0 Å². The first kappa shape index (κ1) is 15.4. The number of carboxylic acid groups (broad SMARTS) is 1. The van der Waals surface area contributed by atoms with Crippen molar-refractivity contribution in [2.75, 3.05) is 31.1 Å². The molecule has 2 aromatic rings. The normalized spacial score (nSPS) is 14.7. The fourth-order valence-corrected chi connectivity index (χ4v) is 2.93. The molecule has 1 fully saturated rings. The SMILES string of the molecule is CC#CCn1c(N2CCN(C(=O)O)CC2)nc2ccnc(Cl)c21. The van der Waals surface area contributed by atoms with Crippen molar-refractivity contribution in [1.29, 1.82) is 0 Å². The van der Waals surface area contributed by atoms with Gasteiger partial charge in [0.15, 0.2) is 5.15 Å². The van der Waals surface area contributed by atoms with Gasteiger partial charge in [-0.15, -0.1) is 5.92 Å². The lowest BCUT2D eigenvalue weighted by Crippen LogP contribution is -2.49. The van der Waals surface area contributed by atoms with Gasteiger partial charge in [-0.1, -0.05) is 17.5 Å². The Hall–Kier alpha value is -2.46. The van der Waals surface area contributed by atoms with E-state index in [1.165, 1.54) is 4.90 Å². The second-order valence-corrected chi connectivity index (χ2v) is 5.51. The number of halogens is 1. The molecule has 1 aliphatic rings. The molecule has 8 heteroatoms. The summed E-state index contributed by atoms with van der Waals surface area (Å²) in [5, 5.41) is 9.45. The minimum Gasteiger partial charge on any atom is -0.465 e. The van der Waals surface area contributed by atoms with E-state index in [1.807, 2.05) is 10.6 Å². The van der Waals surface area contributed by atoms with E-state index in [0.29, 0.717) is 37.9 Å². The lowest BCUT2D eigenvalue weighted by atomic mass is 10.3. The van der Waals surface area contributed by atoms with Gasteiger partial charge in [-0.3, -0.25) is 4.57 Å². The van der Waals surface area contributed by atoms with Crippen molar-refractivity contribution in [3.63, 3.8) is 0 Å². The number of hydrogen-bond acceptors (Lipinski definition) is 4. The number of rotatable bonds is 2. The summed E-state index contributed by atoms with van der Waals surface area (Å²) < 4.78 is 1.94. The van der Waals surface area contributed by atoms with Crippen molar-refractivity contribution < 1.29 is 9.90 Å². The van der Waals surface area contributed by atoms with Crippen LogP contribution in [0.25, 0.3) is 11.0 Å². The highest BCUT2D eigenvalue weighted by Gasteiger charge is 2.25. The van der Waals surface area contributed by atoms with Crippen LogP contribution in [0.2, 0.25) is 5.15 Å². The van der Waals surface area contributed by atoms with E-state index in [9.17, 15) is 4.79 Å². The molecular formula is C15H16ClN5O2. The van der Waals surface area contributed by atoms with Crippen LogP contribution in [0.15, 0.2) is 12.3 Å². The van der Waals surface area contributed by atoms with Gasteiger partial charge in [0.05, 0.1) is 12.1 Å². The Bertz CT molecular complexity index is 799. The highest BCUT2D eigenvalue weighted by Crippen LogP contribution is 2.27. The van der Waals surface area contributed by atoms with Gasteiger partial charge in [0, 0.05) is 32.4 Å². The van der Waals surface area contributed by atoms with Crippen LogP contribution in [0.3, 0.4) is 0 Å². The number of pyridine rings is 1. The smallest absolute Gasteiger partial charge is 0.407 e. The van der Waals surface area contributed by atoms with Gasteiger partial charge in [-0.2, -0.15) is 0 Å². The Balaban J connectivity index is 1.98. The molecule has 1 aliphatic heterocycles. The second-order valence-electron chi connectivity index (χ2n) is 5.15. The van der Waals surface area contributed by atoms with Gasteiger partial charge in [-0.25, -0.2) is 14.8 Å². The van der Waals surface area contributed by atoms with E-state index in [1.54, 1.807) is 13.1 Å². The van der Waals surface area contributed by atoms with Crippen molar-refractivity contribution in [3.8, 4) is 11.8 Å². The molecule has 7 nitrogen and oxygen atoms in total. The second kappa shape index (κ2) is 6.34. The minimum absolute atomic E-state index is 0.392. The first-order valence-corrected chi connectivity index (χ1v) is 7.62. The zero-order valence-corrected chi connectivity index (χ0v) is 13.4. The van der Waals surface area contributed by atoms with Crippen LogP contribution in [0.5, 0.6) is 0 Å². The van der Waals surface area contributed by atoms with Gasteiger partial charge in [0.1, 0.15) is 5.52 Å². The lowest BCUT2D eigenvalue weighted by molar-refractivity contribution is 0.142. The summed E-state index contributed by atoms with van der Waals surface area (Å²) in [4.78, 5) is 23.3. The molecule has 3 heterocycles. The molecule has 2 aromatic heterocycles. The topological polar surface area (TPSA) is 74.5 Å². The first-order valence-electron chi connectivity index (χ1n) is 7.25.